The van der Waals surface area contributed by atoms with Crippen LogP contribution in [0.25, 0.3) is 0 Å². The van der Waals surface area contributed by atoms with Gasteiger partial charge < -0.3 is 5.32 Å². The van der Waals surface area contributed by atoms with E-state index in [1.54, 1.807) is 13.1 Å². The molecule has 0 saturated carbocycles. The van der Waals surface area contributed by atoms with Crippen LogP contribution in [0, 0.1) is 0 Å². The minimum atomic E-state index is -3.43. The lowest BCUT2D eigenvalue weighted by molar-refractivity contribution is 0.349. The molecule has 0 spiro atoms. The van der Waals surface area contributed by atoms with Crippen LogP contribution < -0.4 is 5.32 Å². The van der Waals surface area contributed by atoms with Crippen molar-refractivity contribution in [2.45, 2.75) is 57.5 Å². The molecular weight excluding hydrogens is 372 g/mol. The zero-order valence-electron chi connectivity index (χ0n) is 13.1. The first-order valence-corrected chi connectivity index (χ1v) is 10.4. The molecule has 4 nitrogen and oxygen atoms in total. The van der Waals surface area contributed by atoms with Crippen LogP contribution in [0.2, 0.25) is 0 Å². The number of nitrogens with zero attached hydrogens (tertiary/aromatic N) is 1. The van der Waals surface area contributed by atoms with E-state index in [9.17, 15) is 8.42 Å². The van der Waals surface area contributed by atoms with Crippen molar-refractivity contribution in [3.8, 4) is 0 Å². The van der Waals surface area contributed by atoms with Crippen molar-refractivity contribution in [2.24, 2.45) is 0 Å². The molecule has 0 amide bonds. The Kier molecular flexibility index (Phi) is 7.84. The minimum absolute atomic E-state index is 0.0449. The minimum Gasteiger partial charge on any atom is -0.312 e. The van der Waals surface area contributed by atoms with Gasteiger partial charge >= 0.3 is 0 Å². The quantitative estimate of drug-likeness (QED) is 0.645. The molecular formula is C14H25BrN2O2S2. The summed E-state index contributed by atoms with van der Waals surface area (Å²) in [7, 11) is -1.76. The zero-order chi connectivity index (χ0) is 16.0. The topological polar surface area (TPSA) is 49.4 Å². The van der Waals surface area contributed by atoms with Crippen molar-refractivity contribution in [1.29, 1.82) is 0 Å². The Hall–Kier alpha value is 0.0500. The van der Waals surface area contributed by atoms with Gasteiger partial charge in [0.05, 0.1) is 3.79 Å². The highest BCUT2D eigenvalue weighted by Crippen LogP contribution is 2.34. The number of hydrogen-bond acceptors (Lipinski definition) is 4. The molecule has 0 saturated heterocycles. The first kappa shape index (κ1) is 19.1. The van der Waals surface area contributed by atoms with Gasteiger partial charge in [0.2, 0.25) is 10.0 Å². The van der Waals surface area contributed by atoms with Gasteiger partial charge in [0.15, 0.2) is 0 Å². The zero-order valence-corrected chi connectivity index (χ0v) is 16.4. The molecule has 1 heterocycles. The molecule has 0 aliphatic rings. The first-order chi connectivity index (χ1) is 9.88. The average Bonchev–Trinajstić information content (AvgIpc) is 2.82. The van der Waals surface area contributed by atoms with Crippen molar-refractivity contribution < 1.29 is 8.42 Å². The summed E-state index contributed by atoms with van der Waals surface area (Å²) in [5, 5.41) is 3.30. The van der Waals surface area contributed by atoms with Crippen LogP contribution in [0.1, 0.15) is 44.9 Å². The van der Waals surface area contributed by atoms with Crippen LogP contribution in [-0.2, 0) is 16.6 Å². The van der Waals surface area contributed by atoms with Crippen LogP contribution in [0.4, 0.5) is 0 Å². The Morgan fingerprint density at radius 3 is 2.48 bits per heavy atom. The molecule has 122 valence electrons. The molecule has 0 atom stereocenters. The lowest BCUT2D eigenvalue weighted by atomic mass is 10.2. The Balaban J connectivity index is 2.98. The highest BCUT2D eigenvalue weighted by Gasteiger charge is 2.29. The van der Waals surface area contributed by atoms with E-state index in [-0.39, 0.29) is 6.04 Å². The fourth-order valence-electron chi connectivity index (χ4n) is 2.20. The van der Waals surface area contributed by atoms with Crippen LogP contribution in [0.5, 0.6) is 0 Å². The van der Waals surface area contributed by atoms with Crippen molar-refractivity contribution in [3.05, 3.63) is 14.7 Å². The van der Waals surface area contributed by atoms with Gasteiger partial charge in [-0.2, -0.15) is 4.31 Å². The highest BCUT2D eigenvalue weighted by atomic mass is 79.9. The largest absolute Gasteiger partial charge is 0.312 e. The Morgan fingerprint density at radius 1 is 1.33 bits per heavy atom. The van der Waals surface area contributed by atoms with Gasteiger partial charge in [-0.1, -0.05) is 20.8 Å². The van der Waals surface area contributed by atoms with Crippen LogP contribution >= 0.6 is 27.3 Å². The predicted octanol–water partition coefficient (Wildman–Crippen LogP) is 3.82. The maximum absolute atomic E-state index is 12.7. The number of rotatable bonds is 9. The molecule has 0 fully saturated rings. The van der Waals surface area contributed by atoms with E-state index < -0.39 is 10.0 Å². The van der Waals surface area contributed by atoms with Gasteiger partial charge in [0.1, 0.15) is 4.90 Å². The number of hydrogen-bond donors (Lipinski definition) is 1. The first-order valence-electron chi connectivity index (χ1n) is 7.35. The van der Waals surface area contributed by atoms with Crippen LogP contribution in [0.3, 0.4) is 0 Å². The molecule has 0 aliphatic heterocycles. The van der Waals surface area contributed by atoms with E-state index in [0.29, 0.717) is 15.2 Å². The lowest BCUT2D eigenvalue weighted by Gasteiger charge is -2.25. The number of sulfonamides is 1. The summed E-state index contributed by atoms with van der Waals surface area (Å²) in [6, 6.07) is 1.83. The smallest absolute Gasteiger partial charge is 0.245 e. The molecule has 0 radical (unpaired) electrons. The van der Waals surface area contributed by atoms with Gasteiger partial charge in [0, 0.05) is 24.5 Å². The van der Waals surface area contributed by atoms with Crippen LogP contribution in [0.15, 0.2) is 14.7 Å². The van der Waals surface area contributed by atoms with Gasteiger partial charge in [-0.05, 0) is 47.8 Å². The summed E-state index contributed by atoms with van der Waals surface area (Å²) in [5.41, 5.74) is 0. The van der Waals surface area contributed by atoms with E-state index in [1.165, 1.54) is 15.6 Å². The summed E-state index contributed by atoms with van der Waals surface area (Å²) in [6.45, 7) is 7.79. The second kappa shape index (κ2) is 8.62. The molecule has 0 unspecified atom stereocenters. The van der Waals surface area contributed by atoms with E-state index in [4.69, 9.17) is 0 Å². The SMILES string of the molecule is CCCNCc1cc(S(=O)(=O)N(C)C(CC)CC)c(Br)s1. The van der Waals surface area contributed by atoms with E-state index in [2.05, 4.69) is 28.2 Å². The molecule has 21 heavy (non-hydrogen) atoms. The molecule has 1 aromatic rings. The Labute approximate surface area is 141 Å². The number of halogens is 1. The van der Waals surface area contributed by atoms with Crippen LogP contribution in [-0.4, -0.2) is 32.4 Å². The standard InChI is InChI=1S/C14H25BrN2O2S2/c1-5-8-16-10-12-9-13(14(15)20-12)21(18,19)17(4)11(6-2)7-3/h9,11,16H,5-8,10H2,1-4H3. The molecule has 7 heteroatoms. The molecule has 0 bridgehead atoms. The summed E-state index contributed by atoms with van der Waals surface area (Å²) in [5.74, 6) is 0. The van der Waals surface area contributed by atoms with E-state index in [0.717, 1.165) is 30.7 Å². The molecule has 0 aromatic carbocycles. The fourth-order valence-corrected chi connectivity index (χ4v) is 6.31. The van der Waals surface area contributed by atoms with Crippen molar-refractivity contribution in [1.82, 2.24) is 9.62 Å². The predicted molar refractivity (Wildman–Crippen MR) is 93.3 cm³/mol. The lowest BCUT2D eigenvalue weighted by Crippen LogP contribution is -2.36. The summed E-state index contributed by atoms with van der Waals surface area (Å²) in [6.07, 6.45) is 2.70. The van der Waals surface area contributed by atoms with Gasteiger partial charge in [-0.25, -0.2) is 8.42 Å². The average molecular weight is 397 g/mol. The highest BCUT2D eigenvalue weighted by molar-refractivity contribution is 9.11. The number of nitrogens with one attached hydrogen (secondary N) is 1. The molecule has 1 rings (SSSR count). The summed E-state index contributed by atoms with van der Waals surface area (Å²) in [4.78, 5) is 1.42. The molecule has 0 aliphatic carbocycles. The third-order valence-electron chi connectivity index (χ3n) is 3.55. The van der Waals surface area contributed by atoms with Gasteiger partial charge in [0.25, 0.3) is 0 Å². The maximum atomic E-state index is 12.7. The Morgan fingerprint density at radius 2 is 1.95 bits per heavy atom. The van der Waals surface area contributed by atoms with Gasteiger partial charge in [-0.3, -0.25) is 0 Å². The van der Waals surface area contributed by atoms with Crippen molar-refractivity contribution in [2.75, 3.05) is 13.6 Å². The second-order valence-corrected chi connectivity index (χ2v) is 9.44. The third kappa shape index (κ3) is 4.76. The summed E-state index contributed by atoms with van der Waals surface area (Å²) < 4.78 is 27.7. The van der Waals surface area contributed by atoms with Crippen molar-refractivity contribution >= 4 is 37.3 Å². The monoisotopic (exact) mass is 396 g/mol. The van der Waals surface area contributed by atoms with Crippen molar-refractivity contribution in [3.63, 3.8) is 0 Å². The molecule has 1 aromatic heterocycles. The third-order valence-corrected chi connectivity index (χ3v) is 7.71. The van der Waals surface area contributed by atoms with E-state index in [1.807, 2.05) is 13.8 Å². The maximum Gasteiger partial charge on any atom is 0.245 e. The van der Waals surface area contributed by atoms with Gasteiger partial charge in [-0.15, -0.1) is 11.3 Å². The normalized spacial score (nSPS) is 12.5. The summed E-state index contributed by atoms with van der Waals surface area (Å²) >= 11 is 4.89. The Bertz CT molecular complexity index is 539. The fraction of sp³-hybridized carbons (Fsp3) is 0.714. The second-order valence-electron chi connectivity index (χ2n) is 5.02. The molecule has 1 N–H and O–H groups in total. The number of thiophene rings is 1. The van der Waals surface area contributed by atoms with E-state index >= 15 is 0 Å².